The monoisotopic (exact) mass is 312 g/mol. The molecule has 3 atom stereocenters. The van der Waals surface area contributed by atoms with E-state index in [1.54, 1.807) is 5.41 Å². The van der Waals surface area contributed by atoms with Crippen molar-refractivity contribution in [3.8, 4) is 0 Å². The molecule has 0 radical (unpaired) electrons. The van der Waals surface area contributed by atoms with Crippen molar-refractivity contribution in [2.24, 2.45) is 5.92 Å². The lowest BCUT2D eigenvalue weighted by Gasteiger charge is -2.44. The molecule has 0 spiro atoms. The van der Waals surface area contributed by atoms with Gasteiger partial charge < -0.3 is 20.4 Å². The van der Waals surface area contributed by atoms with Crippen molar-refractivity contribution in [2.75, 3.05) is 0 Å². The SMILES string of the molecule is CC(=O)N/C=C/SC1=C(C(=O)O)N2C(=O)C([C@H](C)O)C2C1. The minimum Gasteiger partial charge on any atom is -0.477 e. The maximum absolute atomic E-state index is 11.9. The van der Waals surface area contributed by atoms with Gasteiger partial charge in [0, 0.05) is 24.4 Å². The normalized spacial score (nSPS) is 25.9. The Kier molecular flexibility index (Phi) is 4.38. The molecule has 1 fully saturated rings. The summed E-state index contributed by atoms with van der Waals surface area (Å²) < 4.78 is 0. The number of rotatable bonds is 5. The van der Waals surface area contributed by atoms with Gasteiger partial charge in [0.25, 0.3) is 0 Å². The van der Waals surface area contributed by atoms with E-state index in [9.17, 15) is 24.6 Å². The molecule has 2 unspecified atom stereocenters. The Balaban J connectivity index is 2.13. The lowest BCUT2D eigenvalue weighted by Crippen LogP contribution is -2.61. The Labute approximate surface area is 125 Å². The average molecular weight is 312 g/mol. The summed E-state index contributed by atoms with van der Waals surface area (Å²) >= 11 is 1.15. The second-order valence-corrected chi connectivity index (χ2v) is 5.94. The number of aliphatic hydroxyl groups is 1. The topological polar surface area (TPSA) is 107 Å². The van der Waals surface area contributed by atoms with Crippen molar-refractivity contribution in [1.29, 1.82) is 0 Å². The predicted molar refractivity (Wildman–Crippen MR) is 75.6 cm³/mol. The fourth-order valence-corrected chi connectivity index (χ4v) is 3.47. The second-order valence-electron chi connectivity index (χ2n) is 4.94. The summed E-state index contributed by atoms with van der Waals surface area (Å²) in [7, 11) is 0. The highest BCUT2D eigenvalue weighted by Gasteiger charge is 2.56. The van der Waals surface area contributed by atoms with E-state index >= 15 is 0 Å². The van der Waals surface area contributed by atoms with Gasteiger partial charge in [-0.3, -0.25) is 9.59 Å². The molecule has 8 heteroatoms. The van der Waals surface area contributed by atoms with Crippen LogP contribution in [0.2, 0.25) is 0 Å². The molecular weight excluding hydrogens is 296 g/mol. The number of fused-ring (bicyclic) bond motifs is 1. The first-order valence-electron chi connectivity index (χ1n) is 6.41. The van der Waals surface area contributed by atoms with Crippen LogP contribution in [0.1, 0.15) is 20.3 Å². The van der Waals surface area contributed by atoms with E-state index in [0.717, 1.165) is 11.8 Å². The fourth-order valence-electron chi connectivity index (χ4n) is 2.60. The van der Waals surface area contributed by atoms with Crippen molar-refractivity contribution in [3.63, 3.8) is 0 Å². The number of hydrogen-bond acceptors (Lipinski definition) is 5. The molecule has 3 N–H and O–H groups in total. The number of aliphatic hydroxyl groups excluding tert-OH is 1. The number of nitrogens with one attached hydrogen (secondary N) is 1. The summed E-state index contributed by atoms with van der Waals surface area (Å²) in [6.45, 7) is 2.90. The smallest absolute Gasteiger partial charge is 0.353 e. The van der Waals surface area contributed by atoms with E-state index < -0.39 is 18.0 Å². The number of amides is 2. The number of β-lactam (4-membered cyclic amide) rings is 1. The highest BCUT2D eigenvalue weighted by atomic mass is 32.2. The van der Waals surface area contributed by atoms with Crippen LogP contribution in [-0.4, -0.2) is 45.0 Å². The molecule has 0 aromatic rings. The van der Waals surface area contributed by atoms with Crippen LogP contribution in [0.5, 0.6) is 0 Å². The quantitative estimate of drug-likeness (QED) is 0.628. The number of carboxylic acids is 1. The van der Waals surface area contributed by atoms with Crippen LogP contribution < -0.4 is 5.32 Å². The molecule has 2 aliphatic heterocycles. The van der Waals surface area contributed by atoms with Crippen molar-refractivity contribution in [1.82, 2.24) is 10.2 Å². The first-order valence-corrected chi connectivity index (χ1v) is 7.29. The zero-order valence-electron chi connectivity index (χ0n) is 11.6. The number of aliphatic carboxylic acids is 1. The molecule has 2 amide bonds. The van der Waals surface area contributed by atoms with Crippen molar-refractivity contribution >= 4 is 29.5 Å². The predicted octanol–water partition coefficient (Wildman–Crippen LogP) is 0.235. The molecular formula is C13H16N2O5S. The number of nitrogens with zero attached hydrogens (tertiary/aromatic N) is 1. The highest BCUT2D eigenvalue weighted by molar-refractivity contribution is 8.05. The summed E-state index contributed by atoms with van der Waals surface area (Å²) in [5, 5.41) is 22.9. The average Bonchev–Trinajstić information content (AvgIpc) is 2.68. The Bertz CT molecular complexity index is 555. The van der Waals surface area contributed by atoms with E-state index in [2.05, 4.69) is 5.32 Å². The molecule has 114 valence electrons. The van der Waals surface area contributed by atoms with E-state index in [1.165, 1.54) is 24.9 Å². The first kappa shape index (κ1) is 15.6. The molecule has 0 saturated carbocycles. The fraction of sp³-hybridized carbons (Fsp3) is 0.462. The molecule has 0 bridgehead atoms. The first-order chi connectivity index (χ1) is 9.84. The Morgan fingerprint density at radius 3 is 2.71 bits per heavy atom. The van der Waals surface area contributed by atoms with Gasteiger partial charge in [-0.1, -0.05) is 11.8 Å². The highest BCUT2D eigenvalue weighted by Crippen LogP contribution is 2.47. The lowest BCUT2D eigenvalue weighted by atomic mass is 9.83. The van der Waals surface area contributed by atoms with Crippen molar-refractivity contribution in [2.45, 2.75) is 32.4 Å². The Morgan fingerprint density at radius 2 is 2.19 bits per heavy atom. The number of carbonyl (C=O) groups excluding carboxylic acids is 2. The molecule has 1 saturated heterocycles. The largest absolute Gasteiger partial charge is 0.477 e. The van der Waals surface area contributed by atoms with Crippen LogP contribution in [-0.2, 0) is 14.4 Å². The van der Waals surface area contributed by atoms with Crippen LogP contribution in [0, 0.1) is 5.92 Å². The second kappa shape index (κ2) is 5.90. The minimum absolute atomic E-state index is 0.0284. The number of thioether (sulfide) groups is 1. The van der Waals surface area contributed by atoms with Gasteiger partial charge in [-0.05, 0) is 12.3 Å². The summed E-state index contributed by atoms with van der Waals surface area (Å²) in [5.74, 6) is -2.28. The number of hydrogen-bond donors (Lipinski definition) is 3. The maximum atomic E-state index is 11.9. The molecule has 21 heavy (non-hydrogen) atoms. The third kappa shape index (κ3) is 2.81. The molecule has 2 aliphatic rings. The Morgan fingerprint density at radius 1 is 1.52 bits per heavy atom. The molecule has 0 aromatic heterocycles. The molecule has 7 nitrogen and oxygen atoms in total. The van der Waals surface area contributed by atoms with Crippen molar-refractivity contribution in [3.05, 3.63) is 22.2 Å². The van der Waals surface area contributed by atoms with Gasteiger partial charge in [-0.15, -0.1) is 0 Å². The van der Waals surface area contributed by atoms with Crippen LogP contribution in [0.25, 0.3) is 0 Å². The summed E-state index contributed by atoms with van der Waals surface area (Å²) in [5.41, 5.74) is -0.0284. The molecule has 0 aliphatic carbocycles. The van der Waals surface area contributed by atoms with Gasteiger partial charge in [-0.2, -0.15) is 0 Å². The van der Waals surface area contributed by atoms with Gasteiger partial charge >= 0.3 is 5.97 Å². The summed E-state index contributed by atoms with van der Waals surface area (Å²) in [6, 6.07) is -0.291. The maximum Gasteiger partial charge on any atom is 0.353 e. The van der Waals surface area contributed by atoms with Crippen LogP contribution >= 0.6 is 11.8 Å². The van der Waals surface area contributed by atoms with Crippen LogP contribution in [0.4, 0.5) is 0 Å². The zero-order valence-corrected chi connectivity index (χ0v) is 12.4. The van der Waals surface area contributed by atoms with E-state index in [-0.39, 0.29) is 23.6 Å². The third-order valence-corrected chi connectivity index (χ3v) is 4.37. The van der Waals surface area contributed by atoms with Gasteiger partial charge in [0.05, 0.1) is 18.1 Å². The van der Waals surface area contributed by atoms with Gasteiger partial charge in [0.2, 0.25) is 11.8 Å². The van der Waals surface area contributed by atoms with Crippen LogP contribution in [0.3, 0.4) is 0 Å². The number of carboxylic acid groups (broad SMARTS) is 1. The van der Waals surface area contributed by atoms with E-state index in [1.807, 2.05) is 0 Å². The standard InChI is InChI=1S/C13H16N2O5S/c1-6(16)10-8-5-9(21-4-3-14-7(2)17)11(13(19)20)15(8)12(10)18/h3-4,6,8,10,16H,5H2,1-2H3,(H,14,17)(H,19,20)/b4-3+/t6-,8?,10?/m0/s1. The van der Waals surface area contributed by atoms with Gasteiger partial charge in [-0.25, -0.2) is 4.79 Å². The molecule has 0 aromatic carbocycles. The molecule has 2 heterocycles. The van der Waals surface area contributed by atoms with E-state index in [0.29, 0.717) is 11.3 Å². The van der Waals surface area contributed by atoms with Gasteiger partial charge in [0.1, 0.15) is 5.70 Å². The summed E-state index contributed by atoms with van der Waals surface area (Å²) in [4.78, 5) is 35.8. The Hall–Kier alpha value is -1.80. The lowest BCUT2D eigenvalue weighted by molar-refractivity contribution is -0.161. The molecule has 2 rings (SSSR count). The van der Waals surface area contributed by atoms with E-state index in [4.69, 9.17) is 0 Å². The van der Waals surface area contributed by atoms with Crippen molar-refractivity contribution < 1.29 is 24.6 Å². The number of carbonyl (C=O) groups is 3. The summed E-state index contributed by atoms with van der Waals surface area (Å²) in [6.07, 6.45) is 1.02. The van der Waals surface area contributed by atoms with Gasteiger partial charge in [0.15, 0.2) is 0 Å². The van der Waals surface area contributed by atoms with Crippen LogP contribution in [0.15, 0.2) is 22.2 Å². The zero-order chi connectivity index (χ0) is 15.7. The minimum atomic E-state index is -1.16. The third-order valence-electron chi connectivity index (χ3n) is 3.46.